The van der Waals surface area contributed by atoms with Gasteiger partial charge >= 0.3 is 5.97 Å². The molecule has 6 heteroatoms. The predicted molar refractivity (Wildman–Crippen MR) is 122 cm³/mol. The topological polar surface area (TPSA) is 88.5 Å². The van der Waals surface area contributed by atoms with Crippen LogP contribution < -0.4 is 5.32 Å². The molecule has 3 aromatic rings. The number of aromatic nitrogens is 1. The van der Waals surface area contributed by atoms with Crippen LogP contribution in [0.2, 0.25) is 0 Å². The fourth-order valence-corrected chi connectivity index (χ4v) is 4.30. The molecule has 1 aliphatic carbocycles. The fraction of sp³-hybridized carbons (Fsp3) is 0.269. The van der Waals surface area contributed by atoms with Gasteiger partial charge in [0.1, 0.15) is 5.60 Å². The van der Waals surface area contributed by atoms with Crippen molar-refractivity contribution < 1.29 is 19.4 Å². The third-order valence-corrected chi connectivity index (χ3v) is 6.27. The number of methoxy groups -OCH3 is 1. The lowest BCUT2D eigenvalue weighted by Crippen LogP contribution is -2.39. The molecule has 4 rings (SSSR count). The van der Waals surface area contributed by atoms with Crippen LogP contribution in [-0.4, -0.2) is 29.1 Å². The van der Waals surface area contributed by atoms with Gasteiger partial charge in [0.2, 0.25) is 0 Å². The van der Waals surface area contributed by atoms with Crippen molar-refractivity contribution in [1.82, 2.24) is 4.98 Å². The molecule has 6 nitrogen and oxygen atoms in total. The summed E-state index contributed by atoms with van der Waals surface area (Å²) in [6, 6.07) is 15.7. The molecule has 0 aliphatic heterocycles. The van der Waals surface area contributed by atoms with Gasteiger partial charge in [-0.1, -0.05) is 26.0 Å². The Morgan fingerprint density at radius 3 is 2.38 bits per heavy atom. The summed E-state index contributed by atoms with van der Waals surface area (Å²) in [6.07, 6.45) is 4.70. The van der Waals surface area contributed by atoms with Crippen LogP contribution in [0.15, 0.2) is 67.0 Å². The van der Waals surface area contributed by atoms with Gasteiger partial charge in [0.05, 0.1) is 12.7 Å². The highest BCUT2D eigenvalue weighted by Crippen LogP contribution is 2.48. The van der Waals surface area contributed by atoms with E-state index in [1.807, 2.05) is 12.1 Å². The molecule has 0 spiro atoms. The number of carbonyl (C=O) groups is 2. The molecule has 32 heavy (non-hydrogen) atoms. The van der Waals surface area contributed by atoms with E-state index in [1.54, 1.807) is 54.9 Å². The number of hydrogen-bond acceptors (Lipinski definition) is 5. The van der Waals surface area contributed by atoms with Crippen molar-refractivity contribution in [3.63, 3.8) is 0 Å². The first-order valence-electron chi connectivity index (χ1n) is 10.5. The summed E-state index contributed by atoms with van der Waals surface area (Å²) in [5.41, 5.74) is 2.55. The van der Waals surface area contributed by atoms with Crippen molar-refractivity contribution in [2.24, 2.45) is 0 Å². The van der Waals surface area contributed by atoms with Crippen LogP contribution >= 0.6 is 0 Å². The Morgan fingerprint density at radius 2 is 1.72 bits per heavy atom. The highest BCUT2D eigenvalue weighted by molar-refractivity contribution is 6.04. The molecular formula is C26H26N2O4. The monoisotopic (exact) mass is 430 g/mol. The van der Waals surface area contributed by atoms with Crippen LogP contribution in [0.25, 0.3) is 0 Å². The third-order valence-electron chi connectivity index (χ3n) is 6.27. The number of pyridine rings is 1. The third kappa shape index (κ3) is 3.89. The zero-order valence-corrected chi connectivity index (χ0v) is 18.4. The molecule has 0 radical (unpaired) electrons. The lowest BCUT2D eigenvalue weighted by Gasteiger charge is -2.42. The van der Waals surface area contributed by atoms with Gasteiger partial charge in [0, 0.05) is 29.2 Å². The smallest absolute Gasteiger partial charge is 0.337 e. The maximum atomic E-state index is 13.0. The highest BCUT2D eigenvalue weighted by atomic mass is 16.5. The van der Waals surface area contributed by atoms with Gasteiger partial charge in [0.15, 0.2) is 0 Å². The van der Waals surface area contributed by atoms with E-state index in [0.717, 1.165) is 17.5 Å². The standard InChI is InChI=1S/C26H26N2O4/c1-25(2)12-13-26(31,19-5-4-14-27-16-19)22-15-18(8-11-21(22)25)23(29)28-20-9-6-17(7-10-20)24(30)32-3/h4-11,14-16,31H,12-13H2,1-3H3,(H,28,29). The first kappa shape index (κ1) is 21.7. The highest BCUT2D eigenvalue weighted by Gasteiger charge is 2.43. The van der Waals surface area contributed by atoms with E-state index in [2.05, 4.69) is 24.1 Å². The Kier molecular flexibility index (Phi) is 5.57. The van der Waals surface area contributed by atoms with Crippen LogP contribution in [0.5, 0.6) is 0 Å². The van der Waals surface area contributed by atoms with Gasteiger partial charge in [-0.05, 0) is 71.8 Å². The maximum Gasteiger partial charge on any atom is 0.337 e. The average molecular weight is 431 g/mol. The fourth-order valence-electron chi connectivity index (χ4n) is 4.30. The minimum absolute atomic E-state index is 0.123. The number of amides is 1. The number of fused-ring (bicyclic) bond motifs is 1. The second-order valence-corrected chi connectivity index (χ2v) is 8.77. The summed E-state index contributed by atoms with van der Waals surface area (Å²) in [6.45, 7) is 4.30. The van der Waals surface area contributed by atoms with Gasteiger partial charge in [-0.3, -0.25) is 9.78 Å². The van der Waals surface area contributed by atoms with Gasteiger partial charge < -0.3 is 15.2 Å². The van der Waals surface area contributed by atoms with Crippen LogP contribution in [0.3, 0.4) is 0 Å². The molecule has 2 N–H and O–H groups in total. The molecule has 1 aromatic heterocycles. The van der Waals surface area contributed by atoms with Gasteiger partial charge in [0.25, 0.3) is 5.91 Å². The Morgan fingerprint density at radius 1 is 1.00 bits per heavy atom. The molecule has 1 atom stereocenters. The summed E-state index contributed by atoms with van der Waals surface area (Å²) in [5, 5.41) is 14.6. The van der Waals surface area contributed by atoms with E-state index in [0.29, 0.717) is 28.8 Å². The molecule has 164 valence electrons. The molecule has 0 saturated carbocycles. The minimum atomic E-state index is -1.21. The zero-order valence-electron chi connectivity index (χ0n) is 18.4. The lowest BCUT2D eigenvalue weighted by atomic mass is 9.65. The van der Waals surface area contributed by atoms with E-state index < -0.39 is 11.6 Å². The second kappa shape index (κ2) is 8.20. The van der Waals surface area contributed by atoms with E-state index >= 15 is 0 Å². The van der Waals surface area contributed by atoms with E-state index in [9.17, 15) is 14.7 Å². The summed E-state index contributed by atoms with van der Waals surface area (Å²) < 4.78 is 4.70. The number of rotatable bonds is 4. The number of hydrogen-bond donors (Lipinski definition) is 2. The molecule has 0 bridgehead atoms. The van der Waals surface area contributed by atoms with Crippen LogP contribution in [0.1, 0.15) is 64.1 Å². The Hall–Kier alpha value is -3.51. The Balaban J connectivity index is 1.68. The summed E-state index contributed by atoms with van der Waals surface area (Å²) in [5.74, 6) is -0.731. The number of ether oxygens (including phenoxy) is 1. The summed E-state index contributed by atoms with van der Waals surface area (Å²) >= 11 is 0. The largest absolute Gasteiger partial charge is 0.465 e. The van der Waals surface area contributed by atoms with E-state index in [1.165, 1.54) is 7.11 Å². The maximum absolute atomic E-state index is 13.0. The molecule has 1 aliphatic rings. The predicted octanol–water partition coefficient (Wildman–Crippen LogP) is 4.43. The number of carbonyl (C=O) groups excluding carboxylic acids is 2. The molecule has 1 unspecified atom stereocenters. The van der Waals surface area contributed by atoms with Crippen molar-refractivity contribution in [3.05, 3.63) is 94.8 Å². The molecule has 1 heterocycles. The molecule has 1 amide bonds. The first-order valence-corrected chi connectivity index (χ1v) is 10.5. The average Bonchev–Trinajstić information content (AvgIpc) is 2.82. The second-order valence-electron chi connectivity index (χ2n) is 8.77. The molecule has 0 fully saturated rings. The first-order chi connectivity index (χ1) is 15.2. The van der Waals surface area contributed by atoms with Crippen LogP contribution in [0.4, 0.5) is 5.69 Å². The van der Waals surface area contributed by atoms with E-state index in [4.69, 9.17) is 4.74 Å². The van der Waals surface area contributed by atoms with Gasteiger partial charge in [-0.2, -0.15) is 0 Å². The minimum Gasteiger partial charge on any atom is -0.465 e. The number of nitrogens with zero attached hydrogens (tertiary/aromatic N) is 1. The van der Waals surface area contributed by atoms with Crippen LogP contribution in [-0.2, 0) is 15.8 Å². The lowest BCUT2D eigenvalue weighted by molar-refractivity contribution is 0.0492. The van der Waals surface area contributed by atoms with E-state index in [-0.39, 0.29) is 11.3 Å². The quantitative estimate of drug-likeness (QED) is 0.598. The Labute approximate surface area is 187 Å². The Bertz CT molecular complexity index is 1160. The van der Waals surface area contributed by atoms with Crippen molar-refractivity contribution in [1.29, 1.82) is 0 Å². The van der Waals surface area contributed by atoms with Crippen molar-refractivity contribution in [3.8, 4) is 0 Å². The van der Waals surface area contributed by atoms with Gasteiger partial charge in [-0.15, -0.1) is 0 Å². The summed E-state index contributed by atoms with van der Waals surface area (Å²) in [4.78, 5) is 28.8. The molecular weight excluding hydrogens is 404 g/mol. The normalized spacial score (nSPS) is 19.0. The number of anilines is 1. The number of esters is 1. The van der Waals surface area contributed by atoms with Crippen molar-refractivity contribution in [2.45, 2.75) is 37.7 Å². The molecule has 2 aromatic carbocycles. The number of nitrogens with one attached hydrogen (secondary N) is 1. The SMILES string of the molecule is COC(=O)c1ccc(NC(=O)c2ccc3c(c2)C(O)(c2cccnc2)CCC3(C)C)cc1. The van der Waals surface area contributed by atoms with Gasteiger partial charge in [-0.25, -0.2) is 4.79 Å². The van der Waals surface area contributed by atoms with Crippen LogP contribution in [0, 0.1) is 0 Å². The number of benzene rings is 2. The summed E-state index contributed by atoms with van der Waals surface area (Å²) in [7, 11) is 1.32. The molecule has 0 saturated heterocycles. The van der Waals surface area contributed by atoms with Crippen molar-refractivity contribution in [2.75, 3.05) is 12.4 Å². The van der Waals surface area contributed by atoms with Crippen molar-refractivity contribution >= 4 is 17.6 Å². The number of aliphatic hydroxyl groups is 1. The zero-order chi connectivity index (χ0) is 22.9.